The lowest BCUT2D eigenvalue weighted by atomic mass is 10.2. The van der Waals surface area contributed by atoms with Gasteiger partial charge in [-0.15, -0.1) is 0 Å². The van der Waals surface area contributed by atoms with Crippen LogP contribution in [-0.2, 0) is 16.1 Å². The quantitative estimate of drug-likeness (QED) is 0.695. The molecule has 0 amide bonds. The number of hydrogen-bond donors (Lipinski definition) is 1. The van der Waals surface area contributed by atoms with Crippen LogP contribution in [0.5, 0.6) is 0 Å². The van der Waals surface area contributed by atoms with Crippen LogP contribution in [-0.4, -0.2) is 26.4 Å². The Morgan fingerprint density at radius 2 is 1.67 bits per heavy atom. The Morgan fingerprint density at radius 3 is 2.33 bits per heavy atom. The molecule has 0 aliphatic heterocycles. The second-order valence-electron chi connectivity index (χ2n) is 3.08. The van der Waals surface area contributed by atoms with Crippen molar-refractivity contribution in [1.29, 1.82) is 0 Å². The highest BCUT2D eigenvalue weighted by atomic mass is 19.1. The molecule has 1 rings (SSSR count). The van der Waals surface area contributed by atoms with Crippen molar-refractivity contribution < 1.29 is 13.9 Å². The molecule has 4 heteroatoms. The number of benzene rings is 1. The number of rotatable bonds is 7. The number of halogens is 1. The van der Waals surface area contributed by atoms with E-state index in [0.717, 1.165) is 5.56 Å². The van der Waals surface area contributed by atoms with Gasteiger partial charge in [0.1, 0.15) is 5.82 Å². The maximum atomic E-state index is 12.5. The minimum absolute atomic E-state index is 0.231. The summed E-state index contributed by atoms with van der Waals surface area (Å²) < 4.78 is 23.0. The first-order valence-corrected chi connectivity index (χ1v) is 4.93. The fourth-order valence-electron chi connectivity index (χ4n) is 1.07. The Labute approximate surface area is 89.0 Å². The van der Waals surface area contributed by atoms with E-state index in [1.54, 1.807) is 12.1 Å². The zero-order valence-corrected chi connectivity index (χ0v) is 8.62. The molecule has 0 unspecified atom stereocenters. The lowest BCUT2D eigenvalue weighted by molar-refractivity contribution is 0.0433. The number of nitrogens with two attached hydrogens (primary N) is 1. The molecule has 0 saturated carbocycles. The van der Waals surface area contributed by atoms with Crippen LogP contribution in [0, 0.1) is 5.82 Å². The molecule has 0 heterocycles. The molecule has 84 valence electrons. The van der Waals surface area contributed by atoms with Gasteiger partial charge in [-0.3, -0.25) is 0 Å². The molecule has 0 radical (unpaired) electrons. The van der Waals surface area contributed by atoms with Crippen molar-refractivity contribution in [2.45, 2.75) is 6.61 Å². The summed E-state index contributed by atoms with van der Waals surface area (Å²) in [4.78, 5) is 0. The summed E-state index contributed by atoms with van der Waals surface area (Å²) in [6, 6.07) is 6.25. The summed E-state index contributed by atoms with van der Waals surface area (Å²) in [5.74, 6) is -0.231. The van der Waals surface area contributed by atoms with Gasteiger partial charge in [-0.1, -0.05) is 12.1 Å². The SMILES string of the molecule is NCCOCCOCc1ccc(F)cc1. The molecule has 3 nitrogen and oxygen atoms in total. The Morgan fingerprint density at radius 1 is 1.00 bits per heavy atom. The molecular weight excluding hydrogens is 197 g/mol. The maximum absolute atomic E-state index is 12.5. The number of hydrogen-bond acceptors (Lipinski definition) is 3. The summed E-state index contributed by atoms with van der Waals surface area (Å²) in [7, 11) is 0. The van der Waals surface area contributed by atoms with E-state index >= 15 is 0 Å². The second-order valence-corrected chi connectivity index (χ2v) is 3.08. The highest BCUT2D eigenvalue weighted by Crippen LogP contribution is 2.03. The third kappa shape index (κ3) is 5.47. The minimum atomic E-state index is -0.231. The van der Waals surface area contributed by atoms with Crippen molar-refractivity contribution in [3.05, 3.63) is 35.6 Å². The van der Waals surface area contributed by atoms with Crippen molar-refractivity contribution in [2.75, 3.05) is 26.4 Å². The van der Waals surface area contributed by atoms with Crippen LogP contribution in [0.3, 0.4) is 0 Å². The molecule has 1 aromatic carbocycles. The van der Waals surface area contributed by atoms with Crippen LogP contribution in [0.4, 0.5) is 4.39 Å². The summed E-state index contributed by atoms with van der Waals surface area (Å²) >= 11 is 0. The van der Waals surface area contributed by atoms with Crippen LogP contribution in [0.25, 0.3) is 0 Å². The van der Waals surface area contributed by atoms with Gasteiger partial charge in [0.2, 0.25) is 0 Å². The molecule has 0 saturated heterocycles. The van der Waals surface area contributed by atoms with Crippen LogP contribution in [0.1, 0.15) is 5.56 Å². The molecular formula is C11H16FNO2. The third-order valence-electron chi connectivity index (χ3n) is 1.82. The largest absolute Gasteiger partial charge is 0.378 e. The van der Waals surface area contributed by atoms with Crippen molar-refractivity contribution >= 4 is 0 Å². The molecule has 2 N–H and O–H groups in total. The van der Waals surface area contributed by atoms with E-state index < -0.39 is 0 Å². The van der Waals surface area contributed by atoms with Crippen molar-refractivity contribution in [3.8, 4) is 0 Å². The summed E-state index contributed by atoms with van der Waals surface area (Å²) in [5, 5.41) is 0. The van der Waals surface area contributed by atoms with Gasteiger partial charge < -0.3 is 15.2 Å². The zero-order chi connectivity index (χ0) is 10.9. The van der Waals surface area contributed by atoms with Gasteiger partial charge in [-0.25, -0.2) is 4.39 Å². The molecule has 0 spiro atoms. The van der Waals surface area contributed by atoms with E-state index in [2.05, 4.69) is 0 Å². The molecule has 0 bridgehead atoms. The lowest BCUT2D eigenvalue weighted by Crippen LogP contribution is -2.11. The van der Waals surface area contributed by atoms with E-state index in [4.69, 9.17) is 15.2 Å². The monoisotopic (exact) mass is 213 g/mol. The third-order valence-corrected chi connectivity index (χ3v) is 1.82. The fraction of sp³-hybridized carbons (Fsp3) is 0.455. The summed E-state index contributed by atoms with van der Waals surface area (Å²) in [6.45, 7) is 2.62. The van der Waals surface area contributed by atoms with Gasteiger partial charge in [-0.2, -0.15) is 0 Å². The Balaban J connectivity index is 2.07. The first kappa shape index (κ1) is 12.1. The first-order chi connectivity index (χ1) is 7.33. The lowest BCUT2D eigenvalue weighted by Gasteiger charge is -2.04. The van der Waals surface area contributed by atoms with E-state index in [1.807, 2.05) is 0 Å². The van der Waals surface area contributed by atoms with Crippen LogP contribution < -0.4 is 5.73 Å². The number of ether oxygens (including phenoxy) is 2. The van der Waals surface area contributed by atoms with E-state index in [-0.39, 0.29) is 5.82 Å². The Bertz CT molecular complexity index is 264. The summed E-state index contributed by atoms with van der Waals surface area (Å²) in [6.07, 6.45) is 0. The standard InChI is InChI=1S/C11H16FNO2/c12-11-3-1-10(2-4-11)9-15-8-7-14-6-5-13/h1-4H,5-9,13H2. The van der Waals surface area contributed by atoms with Crippen LogP contribution >= 0.6 is 0 Å². The molecule has 15 heavy (non-hydrogen) atoms. The maximum Gasteiger partial charge on any atom is 0.123 e. The van der Waals surface area contributed by atoms with E-state index in [0.29, 0.717) is 33.0 Å². The highest BCUT2D eigenvalue weighted by molar-refractivity contribution is 5.14. The second kappa shape index (κ2) is 7.34. The average molecular weight is 213 g/mol. The molecule has 0 aliphatic rings. The minimum Gasteiger partial charge on any atom is -0.378 e. The zero-order valence-electron chi connectivity index (χ0n) is 8.62. The predicted octanol–water partition coefficient (Wildman–Crippen LogP) is 1.32. The average Bonchev–Trinajstić information content (AvgIpc) is 2.26. The Hall–Kier alpha value is -0.970. The Kier molecular flexibility index (Phi) is 5.92. The van der Waals surface area contributed by atoms with Crippen LogP contribution in [0.2, 0.25) is 0 Å². The van der Waals surface area contributed by atoms with Crippen molar-refractivity contribution in [1.82, 2.24) is 0 Å². The normalized spacial score (nSPS) is 10.5. The van der Waals surface area contributed by atoms with Gasteiger partial charge in [-0.05, 0) is 17.7 Å². The van der Waals surface area contributed by atoms with Gasteiger partial charge in [0.15, 0.2) is 0 Å². The summed E-state index contributed by atoms with van der Waals surface area (Å²) in [5.41, 5.74) is 6.20. The predicted molar refractivity (Wildman–Crippen MR) is 55.9 cm³/mol. The van der Waals surface area contributed by atoms with Gasteiger partial charge >= 0.3 is 0 Å². The molecule has 0 aromatic heterocycles. The molecule has 0 atom stereocenters. The highest BCUT2D eigenvalue weighted by Gasteiger charge is 1.94. The van der Waals surface area contributed by atoms with Gasteiger partial charge in [0.05, 0.1) is 26.4 Å². The smallest absolute Gasteiger partial charge is 0.123 e. The van der Waals surface area contributed by atoms with Crippen molar-refractivity contribution in [2.24, 2.45) is 5.73 Å². The van der Waals surface area contributed by atoms with Crippen molar-refractivity contribution in [3.63, 3.8) is 0 Å². The topological polar surface area (TPSA) is 44.5 Å². The van der Waals surface area contributed by atoms with Gasteiger partial charge in [0, 0.05) is 6.54 Å². The molecule has 0 fully saturated rings. The van der Waals surface area contributed by atoms with Crippen LogP contribution in [0.15, 0.2) is 24.3 Å². The van der Waals surface area contributed by atoms with E-state index in [9.17, 15) is 4.39 Å². The van der Waals surface area contributed by atoms with E-state index in [1.165, 1.54) is 12.1 Å². The molecule has 0 aliphatic carbocycles. The van der Waals surface area contributed by atoms with Gasteiger partial charge in [0.25, 0.3) is 0 Å². The first-order valence-electron chi connectivity index (χ1n) is 4.93. The molecule has 1 aromatic rings. The fourth-order valence-corrected chi connectivity index (χ4v) is 1.07.